The van der Waals surface area contributed by atoms with Crippen LogP contribution in [0.1, 0.15) is 0 Å². The number of fused-ring (bicyclic) bond motifs is 16. The minimum Gasteiger partial charge on any atom is -0.309 e. The maximum Gasteiger partial charge on any atom is 0.164 e. The molecule has 23 aromatic carbocycles. The van der Waals surface area contributed by atoms with Crippen molar-refractivity contribution in [2.45, 2.75) is 0 Å². The number of nitrogens with zero attached hydrogens (tertiary/aromatic N) is 12. The van der Waals surface area contributed by atoms with Gasteiger partial charge in [0.1, 0.15) is 0 Å². The van der Waals surface area contributed by atoms with Crippen molar-refractivity contribution in [3.05, 3.63) is 510 Å². The summed E-state index contributed by atoms with van der Waals surface area (Å²) in [4.78, 5) is 44.9. The van der Waals surface area contributed by atoms with E-state index in [0.717, 1.165) is 116 Å². The molecule has 0 saturated carbocycles. The summed E-state index contributed by atoms with van der Waals surface area (Å²) < 4.78 is 7.16. The van der Waals surface area contributed by atoms with Crippen LogP contribution in [0, 0.1) is 0 Å². The maximum absolute atomic E-state index is 5.07. The lowest BCUT2D eigenvalue weighted by Crippen LogP contribution is -2.00. The van der Waals surface area contributed by atoms with E-state index in [1.165, 1.54) is 103 Å². The van der Waals surface area contributed by atoms with E-state index >= 15 is 0 Å². The van der Waals surface area contributed by atoms with Gasteiger partial charge < -0.3 is 13.7 Å². The van der Waals surface area contributed by atoms with Crippen LogP contribution in [-0.4, -0.2) is 58.6 Å². The topological polar surface area (TPSA) is 131 Å². The average Bonchev–Trinajstić information content (AvgIpc) is 1.59. The standard InChI is InChI=1S/C47H30N4.C45H28N4.C41H26N4/c1-3-12-31(13-4-1)33-18-11-19-38(26-33)46-48-45(32-14-5-2-6-15-32)49-47(50-46)39-23-22-37-28-40(25-24-36(37)27-39)51-43-21-10-9-20-41(43)42-29-34-16-7-8-17-35(34)30-44(42)51;1-2-11-31(12-3-1)43-46-44(35-20-18-29-10-4-5-13-32(29)24-35)48-45(47-43)36-21-19-30-22-23-38(26-37(30)25-36)49-41-17-9-8-16-39(41)40-27-33-14-6-7-15-34(33)28-42(40)49;1-3-11-28(12-4-1)39-42-40(29-13-5-2-6-14-29)44-41(43-39)32-20-19-27-21-22-34(24-33(27)23-32)45-37-18-10-9-17-35(37)36-25-30-15-7-8-16-31(30)26-38(36)45/h1-30H;1-28H;1-26H. The molecule has 0 unspecified atom stereocenters. The van der Waals surface area contributed by atoms with Gasteiger partial charge in [0.25, 0.3) is 0 Å². The van der Waals surface area contributed by atoms with Crippen LogP contribution in [0.5, 0.6) is 0 Å². The van der Waals surface area contributed by atoms with E-state index in [1.54, 1.807) is 0 Å². The molecule has 0 aliphatic rings. The molecule has 0 atom stereocenters. The summed E-state index contributed by atoms with van der Waals surface area (Å²) in [7, 11) is 0. The Morgan fingerprint density at radius 3 is 0.648 bits per heavy atom. The summed E-state index contributed by atoms with van der Waals surface area (Å²) in [6, 6.07) is 179. The molecule has 0 saturated heterocycles. The van der Waals surface area contributed by atoms with Gasteiger partial charge >= 0.3 is 0 Å². The second kappa shape index (κ2) is 35.9. The van der Waals surface area contributed by atoms with E-state index < -0.39 is 0 Å². The zero-order chi connectivity index (χ0) is 95.8. The van der Waals surface area contributed by atoms with Gasteiger partial charge in [0.05, 0.1) is 33.1 Å². The van der Waals surface area contributed by atoms with Crippen molar-refractivity contribution in [2.75, 3.05) is 0 Å². The molecule has 0 radical (unpaired) electrons. The SMILES string of the molecule is c1ccc(-c2cccc(-c3nc(-c4ccccc4)nc(-c4ccc5cc(-n6c7ccccc7c7cc8ccccc8cc76)ccc5c4)n3)c2)cc1.c1ccc(-c2nc(-c3ccc4ccccc4c3)nc(-c3ccc4ccc(-n5c6ccccc6c6cc7ccccc7cc65)cc4c3)n2)cc1.c1ccc(-c2nc(-c3ccccc3)nc(-c3ccc4ccc(-n5c6ccccc6c6cc7ccccc7cc65)cc4c3)n2)cc1. The van der Waals surface area contributed by atoms with Crippen LogP contribution in [0.2, 0.25) is 0 Å². The molecule has 0 N–H and O–H groups in total. The van der Waals surface area contributed by atoms with Gasteiger partial charge in [0.2, 0.25) is 0 Å². The lowest BCUT2D eigenvalue weighted by molar-refractivity contribution is 1.07. The Bertz CT molecular complexity index is 10100. The normalized spacial score (nSPS) is 11.6. The Hall–Kier alpha value is -19.7. The van der Waals surface area contributed by atoms with E-state index in [1.807, 2.05) is 127 Å². The van der Waals surface area contributed by atoms with E-state index in [0.29, 0.717) is 52.4 Å². The number of hydrogen-bond donors (Lipinski definition) is 0. The van der Waals surface area contributed by atoms with Gasteiger partial charge in [-0.1, -0.05) is 388 Å². The minimum atomic E-state index is 0.643. The lowest BCUT2D eigenvalue weighted by atomic mass is 10.0. The third-order valence-corrected chi connectivity index (χ3v) is 27.9. The van der Waals surface area contributed by atoms with Gasteiger partial charge in [0, 0.05) is 99.5 Å². The van der Waals surface area contributed by atoms with Crippen molar-refractivity contribution in [1.82, 2.24) is 58.6 Å². The molecule has 29 aromatic rings. The maximum atomic E-state index is 5.07. The summed E-state index contributed by atoms with van der Waals surface area (Å²) in [5, 5.41) is 24.1. The van der Waals surface area contributed by atoms with E-state index in [2.05, 4.69) is 396 Å². The van der Waals surface area contributed by atoms with Crippen molar-refractivity contribution < 1.29 is 0 Å². The predicted octanol–water partition coefficient (Wildman–Crippen LogP) is 33.6. The quantitative estimate of drug-likeness (QED) is 0.111. The first-order valence-corrected chi connectivity index (χ1v) is 48.8. The largest absolute Gasteiger partial charge is 0.309 e. The number of hydrogen-bond acceptors (Lipinski definition) is 9. The van der Waals surface area contributed by atoms with Crippen LogP contribution >= 0.6 is 0 Å². The molecule has 0 fully saturated rings. The Labute approximate surface area is 833 Å². The summed E-state index contributed by atoms with van der Waals surface area (Å²) in [6.45, 7) is 0. The molecule has 29 rings (SSSR count). The van der Waals surface area contributed by atoms with Gasteiger partial charge in [-0.2, -0.15) is 0 Å². The van der Waals surface area contributed by atoms with E-state index in [9.17, 15) is 0 Å². The second-order valence-corrected chi connectivity index (χ2v) is 36.8. The van der Waals surface area contributed by atoms with Crippen LogP contribution < -0.4 is 0 Å². The van der Waals surface area contributed by atoms with Gasteiger partial charge in [-0.25, -0.2) is 44.9 Å². The highest BCUT2D eigenvalue weighted by atomic mass is 15.1. The molecule has 0 bridgehead atoms. The fourth-order valence-corrected chi connectivity index (χ4v) is 20.8. The first-order valence-electron chi connectivity index (χ1n) is 48.8. The first kappa shape index (κ1) is 84.6. The monoisotopic (exact) mass is 1850 g/mol. The summed E-state index contributed by atoms with van der Waals surface area (Å²) >= 11 is 0. The number of para-hydroxylation sites is 3. The summed E-state index contributed by atoms with van der Waals surface area (Å²) in [5.41, 5.74) is 21.4. The molecule has 676 valence electrons. The average molecular weight is 1850 g/mol. The molecule has 0 amide bonds. The van der Waals surface area contributed by atoms with Crippen LogP contribution in [0.25, 0.3) is 272 Å². The second-order valence-electron chi connectivity index (χ2n) is 36.8. The lowest BCUT2D eigenvalue weighted by Gasteiger charge is -2.12. The van der Waals surface area contributed by atoms with E-state index in [4.69, 9.17) is 44.9 Å². The van der Waals surface area contributed by atoms with Crippen molar-refractivity contribution in [2.24, 2.45) is 0 Å². The molecule has 145 heavy (non-hydrogen) atoms. The highest BCUT2D eigenvalue weighted by Crippen LogP contribution is 2.43. The smallest absolute Gasteiger partial charge is 0.164 e. The predicted molar refractivity (Wildman–Crippen MR) is 599 cm³/mol. The number of aromatic nitrogens is 12. The summed E-state index contributed by atoms with van der Waals surface area (Å²) in [6.07, 6.45) is 0. The van der Waals surface area contributed by atoms with Crippen LogP contribution in [0.3, 0.4) is 0 Å². The zero-order valence-corrected chi connectivity index (χ0v) is 78.4. The molecular weight excluding hydrogens is 1770 g/mol. The highest BCUT2D eigenvalue weighted by molar-refractivity contribution is 6.17. The summed E-state index contributed by atoms with van der Waals surface area (Å²) in [5.74, 6) is 5.86. The Kier molecular flexibility index (Phi) is 21.0. The zero-order valence-electron chi connectivity index (χ0n) is 78.4. The fraction of sp³-hybridized carbons (Fsp3) is 0. The first-order chi connectivity index (χ1) is 71.8. The Morgan fingerprint density at radius 1 is 0.103 bits per heavy atom. The van der Waals surface area contributed by atoms with Gasteiger partial charge in [-0.05, 0) is 208 Å². The van der Waals surface area contributed by atoms with E-state index in [-0.39, 0.29) is 0 Å². The molecule has 12 heteroatoms. The molecular formula is C133H84N12. The van der Waals surface area contributed by atoms with Gasteiger partial charge in [-0.15, -0.1) is 0 Å². The molecule has 6 aromatic heterocycles. The van der Waals surface area contributed by atoms with Gasteiger partial charge in [-0.3, -0.25) is 0 Å². The fourth-order valence-electron chi connectivity index (χ4n) is 20.8. The third kappa shape index (κ3) is 15.9. The van der Waals surface area contributed by atoms with Crippen LogP contribution in [0.15, 0.2) is 510 Å². The van der Waals surface area contributed by atoms with Crippen molar-refractivity contribution >= 4 is 141 Å². The molecule has 0 aliphatic heterocycles. The highest BCUT2D eigenvalue weighted by Gasteiger charge is 2.23. The third-order valence-electron chi connectivity index (χ3n) is 27.9. The molecule has 12 nitrogen and oxygen atoms in total. The Balaban J connectivity index is 0.000000108. The van der Waals surface area contributed by atoms with Gasteiger partial charge in [0.15, 0.2) is 52.4 Å². The van der Waals surface area contributed by atoms with Crippen LogP contribution in [0.4, 0.5) is 0 Å². The number of rotatable bonds is 13. The molecule has 0 spiro atoms. The van der Waals surface area contributed by atoms with Crippen LogP contribution in [-0.2, 0) is 0 Å². The molecule has 6 heterocycles. The Morgan fingerprint density at radius 2 is 0.310 bits per heavy atom. The van der Waals surface area contributed by atoms with Crippen molar-refractivity contribution in [3.63, 3.8) is 0 Å². The molecule has 0 aliphatic carbocycles. The number of benzene rings is 23. The van der Waals surface area contributed by atoms with Crippen molar-refractivity contribution in [1.29, 1.82) is 0 Å². The van der Waals surface area contributed by atoms with Crippen molar-refractivity contribution in [3.8, 4) is 131 Å². The minimum absolute atomic E-state index is 0.643.